The second-order valence-corrected chi connectivity index (χ2v) is 8.00. The number of nitrogens with zero attached hydrogens (tertiary/aromatic N) is 2. The summed E-state index contributed by atoms with van der Waals surface area (Å²) in [6, 6.07) is 10.7. The van der Waals surface area contributed by atoms with E-state index < -0.39 is 11.6 Å². The highest BCUT2D eigenvalue weighted by atomic mass is 32.1. The molecule has 2 aromatic carbocycles. The molecule has 1 aliphatic rings. The maximum absolute atomic E-state index is 13.5. The Morgan fingerprint density at radius 2 is 1.90 bits per heavy atom. The number of anilines is 1. The maximum Gasteiger partial charge on any atom is 0.258 e. The normalized spacial score (nSPS) is 13.0. The average molecular weight is 425 g/mol. The van der Waals surface area contributed by atoms with Crippen molar-refractivity contribution in [3.05, 3.63) is 76.7 Å². The molecule has 152 valence electrons. The fourth-order valence-electron chi connectivity index (χ4n) is 3.33. The Labute approximate surface area is 175 Å². The zero-order chi connectivity index (χ0) is 21.4. The predicted octanol–water partition coefficient (Wildman–Crippen LogP) is 4.85. The highest BCUT2D eigenvalue weighted by Crippen LogP contribution is 2.32. The molecule has 0 bridgehead atoms. The van der Waals surface area contributed by atoms with E-state index in [1.165, 1.54) is 22.3 Å². The smallest absolute Gasteiger partial charge is 0.258 e. The topological polar surface area (TPSA) is 62.3 Å². The van der Waals surface area contributed by atoms with Crippen LogP contribution >= 0.6 is 11.3 Å². The molecule has 0 radical (unpaired) electrons. The molecule has 2 amide bonds. The molecule has 0 saturated heterocycles. The van der Waals surface area contributed by atoms with Gasteiger partial charge >= 0.3 is 0 Å². The lowest BCUT2D eigenvalue weighted by Gasteiger charge is -2.16. The summed E-state index contributed by atoms with van der Waals surface area (Å²) in [4.78, 5) is 31.5. The number of halogens is 2. The standard InChI is InChI=1S/C22H17F2N3O2S/c1-12-15-5-3-4-6-16(15)21(29)27(12)10-9-19(28)25-22-26-20(13(2)30-22)14-7-8-17(23)18(24)11-14/h3-8,11H,1,9-10H2,2H3,(H,25,26,28). The summed E-state index contributed by atoms with van der Waals surface area (Å²) in [6.45, 7) is 5.94. The monoisotopic (exact) mass is 425 g/mol. The van der Waals surface area contributed by atoms with E-state index in [-0.39, 0.29) is 24.8 Å². The van der Waals surface area contributed by atoms with Gasteiger partial charge in [-0.1, -0.05) is 24.8 Å². The lowest BCUT2D eigenvalue weighted by Crippen LogP contribution is -2.27. The van der Waals surface area contributed by atoms with Crippen LogP contribution in [-0.2, 0) is 4.79 Å². The van der Waals surface area contributed by atoms with Crippen molar-refractivity contribution in [3.63, 3.8) is 0 Å². The molecule has 1 N–H and O–H groups in total. The van der Waals surface area contributed by atoms with Crippen molar-refractivity contribution < 1.29 is 18.4 Å². The van der Waals surface area contributed by atoms with Crippen LogP contribution in [0.2, 0.25) is 0 Å². The van der Waals surface area contributed by atoms with Crippen LogP contribution in [0, 0.1) is 18.6 Å². The molecule has 0 saturated carbocycles. The van der Waals surface area contributed by atoms with Gasteiger partial charge in [0.25, 0.3) is 5.91 Å². The van der Waals surface area contributed by atoms with E-state index in [4.69, 9.17) is 0 Å². The molecule has 4 rings (SSSR count). The summed E-state index contributed by atoms with van der Waals surface area (Å²) < 4.78 is 26.7. The third-order valence-corrected chi connectivity index (χ3v) is 5.72. The highest BCUT2D eigenvalue weighted by molar-refractivity contribution is 7.16. The Bertz CT molecular complexity index is 1150. The first kappa shape index (κ1) is 19.9. The first-order chi connectivity index (χ1) is 14.3. The van der Waals surface area contributed by atoms with Gasteiger partial charge < -0.3 is 10.2 Å². The lowest BCUT2D eigenvalue weighted by atomic mass is 10.1. The van der Waals surface area contributed by atoms with Crippen LogP contribution in [-0.4, -0.2) is 28.2 Å². The summed E-state index contributed by atoms with van der Waals surface area (Å²) in [5, 5.41) is 3.06. The number of rotatable bonds is 5. The Morgan fingerprint density at radius 3 is 2.60 bits per heavy atom. The number of carbonyl (C=O) groups excluding carboxylic acids is 2. The molecule has 1 aromatic heterocycles. The van der Waals surface area contributed by atoms with Gasteiger partial charge in [-0.2, -0.15) is 0 Å². The number of thiazole rings is 1. The third-order valence-electron chi connectivity index (χ3n) is 4.84. The minimum Gasteiger partial charge on any atom is -0.308 e. The van der Waals surface area contributed by atoms with Crippen LogP contribution < -0.4 is 5.32 Å². The molecule has 2 heterocycles. The largest absolute Gasteiger partial charge is 0.308 e. The summed E-state index contributed by atoms with van der Waals surface area (Å²) in [6.07, 6.45) is 0.0673. The quantitative estimate of drug-likeness (QED) is 0.636. The number of fused-ring (bicyclic) bond motifs is 1. The van der Waals surface area contributed by atoms with Crippen molar-refractivity contribution in [2.24, 2.45) is 0 Å². The van der Waals surface area contributed by atoms with Crippen molar-refractivity contribution in [3.8, 4) is 11.3 Å². The van der Waals surface area contributed by atoms with Gasteiger partial charge in [-0.3, -0.25) is 9.59 Å². The molecule has 0 unspecified atom stereocenters. The second kappa shape index (κ2) is 7.79. The molecule has 0 aliphatic carbocycles. The Kier molecular flexibility index (Phi) is 5.17. The number of hydrogen-bond acceptors (Lipinski definition) is 4. The van der Waals surface area contributed by atoms with Crippen LogP contribution in [0.1, 0.15) is 27.2 Å². The van der Waals surface area contributed by atoms with E-state index in [0.717, 1.165) is 22.6 Å². The minimum atomic E-state index is -0.956. The fraction of sp³-hybridized carbons (Fsp3) is 0.136. The van der Waals surface area contributed by atoms with Crippen molar-refractivity contribution in [2.45, 2.75) is 13.3 Å². The van der Waals surface area contributed by atoms with Gasteiger partial charge in [-0.25, -0.2) is 13.8 Å². The molecular weight excluding hydrogens is 408 g/mol. The van der Waals surface area contributed by atoms with Gasteiger partial charge in [-0.15, -0.1) is 11.3 Å². The van der Waals surface area contributed by atoms with Gasteiger partial charge in [-0.05, 0) is 31.2 Å². The number of aryl methyl sites for hydroxylation is 1. The van der Waals surface area contributed by atoms with Crippen LogP contribution in [0.3, 0.4) is 0 Å². The fourth-order valence-corrected chi connectivity index (χ4v) is 4.18. The van der Waals surface area contributed by atoms with E-state index in [2.05, 4.69) is 16.9 Å². The molecule has 1 aliphatic heterocycles. The summed E-state index contributed by atoms with van der Waals surface area (Å²) in [5.74, 6) is -2.37. The Balaban J connectivity index is 1.41. The first-order valence-electron chi connectivity index (χ1n) is 9.18. The van der Waals surface area contributed by atoms with Crippen molar-refractivity contribution in [1.29, 1.82) is 0 Å². The molecule has 0 fully saturated rings. The number of aromatic nitrogens is 1. The molecule has 0 spiro atoms. The highest BCUT2D eigenvalue weighted by Gasteiger charge is 2.30. The van der Waals surface area contributed by atoms with E-state index in [9.17, 15) is 18.4 Å². The summed E-state index contributed by atoms with van der Waals surface area (Å²) >= 11 is 1.24. The van der Waals surface area contributed by atoms with Crippen molar-refractivity contribution >= 4 is 34.0 Å². The van der Waals surface area contributed by atoms with Gasteiger partial charge in [0.15, 0.2) is 16.8 Å². The third kappa shape index (κ3) is 3.61. The maximum atomic E-state index is 13.5. The van der Waals surface area contributed by atoms with E-state index >= 15 is 0 Å². The van der Waals surface area contributed by atoms with Gasteiger partial charge in [0.2, 0.25) is 5.91 Å². The van der Waals surface area contributed by atoms with Crippen LogP contribution in [0.25, 0.3) is 17.0 Å². The molecule has 8 heteroatoms. The summed E-state index contributed by atoms with van der Waals surface area (Å²) in [7, 11) is 0. The van der Waals surface area contributed by atoms with E-state index in [0.29, 0.717) is 27.6 Å². The van der Waals surface area contributed by atoms with E-state index in [1.54, 1.807) is 19.1 Å². The average Bonchev–Trinajstić information content (AvgIpc) is 3.20. The molecule has 30 heavy (non-hydrogen) atoms. The number of amides is 2. The van der Waals surface area contributed by atoms with Crippen LogP contribution in [0.5, 0.6) is 0 Å². The number of hydrogen-bond donors (Lipinski definition) is 1. The minimum absolute atomic E-state index is 0.0673. The van der Waals surface area contributed by atoms with E-state index in [1.807, 2.05) is 12.1 Å². The van der Waals surface area contributed by atoms with Gasteiger partial charge in [0.05, 0.1) is 5.69 Å². The van der Waals surface area contributed by atoms with Crippen LogP contribution in [0.4, 0.5) is 13.9 Å². The van der Waals surface area contributed by atoms with Crippen molar-refractivity contribution in [2.75, 3.05) is 11.9 Å². The lowest BCUT2D eigenvalue weighted by molar-refractivity contribution is -0.116. The number of benzene rings is 2. The first-order valence-corrected chi connectivity index (χ1v) is 9.99. The van der Waals surface area contributed by atoms with Gasteiger partial charge in [0, 0.05) is 40.2 Å². The zero-order valence-corrected chi connectivity index (χ0v) is 16.9. The predicted molar refractivity (Wildman–Crippen MR) is 112 cm³/mol. The molecule has 0 atom stereocenters. The van der Waals surface area contributed by atoms with Gasteiger partial charge in [0.1, 0.15) is 0 Å². The van der Waals surface area contributed by atoms with Crippen LogP contribution in [0.15, 0.2) is 49.0 Å². The molecule has 5 nitrogen and oxygen atoms in total. The second-order valence-electron chi connectivity index (χ2n) is 6.80. The number of nitrogens with one attached hydrogen (secondary N) is 1. The molecule has 3 aromatic rings. The zero-order valence-electron chi connectivity index (χ0n) is 16.0. The molecular formula is C22H17F2N3O2S. The van der Waals surface area contributed by atoms with Crippen molar-refractivity contribution in [1.82, 2.24) is 9.88 Å². The Hall–Kier alpha value is -3.39. The number of carbonyl (C=O) groups is 2. The summed E-state index contributed by atoms with van der Waals surface area (Å²) in [5.41, 5.74) is 2.84. The Morgan fingerprint density at radius 1 is 1.17 bits per heavy atom. The SMILES string of the molecule is C=C1c2ccccc2C(=O)N1CCC(=O)Nc1nc(-c2ccc(F)c(F)c2)c(C)s1.